The number of hydrogen-bond acceptors (Lipinski definition) is 6. The normalized spacial score (nSPS) is 15.3. The molecule has 1 N–H and O–H groups in total. The molecule has 0 radical (unpaired) electrons. The lowest BCUT2D eigenvalue weighted by molar-refractivity contribution is -0.155. The number of morpholine rings is 1. The average molecular weight is 487 g/mol. The first kappa shape index (κ1) is 24.8. The van der Waals surface area contributed by atoms with Gasteiger partial charge in [0.2, 0.25) is 5.91 Å². The number of esters is 1. The maximum absolute atomic E-state index is 12.8. The van der Waals surface area contributed by atoms with Crippen LogP contribution in [-0.4, -0.2) is 54.3 Å². The van der Waals surface area contributed by atoms with E-state index in [2.05, 4.69) is 5.32 Å². The van der Waals surface area contributed by atoms with E-state index < -0.39 is 12.1 Å². The van der Waals surface area contributed by atoms with Gasteiger partial charge in [0.1, 0.15) is 6.10 Å². The van der Waals surface area contributed by atoms with Gasteiger partial charge in [-0.25, -0.2) is 4.79 Å². The third-order valence-corrected chi connectivity index (χ3v) is 5.69. The Kier molecular flexibility index (Phi) is 8.20. The van der Waals surface area contributed by atoms with E-state index in [1.807, 2.05) is 30.3 Å². The maximum Gasteiger partial charge on any atom is 0.338 e. The summed E-state index contributed by atoms with van der Waals surface area (Å²) in [5.74, 6) is -1.53. The van der Waals surface area contributed by atoms with Crippen molar-refractivity contribution >= 4 is 29.3 Å². The van der Waals surface area contributed by atoms with Gasteiger partial charge in [-0.3, -0.25) is 14.4 Å². The fourth-order valence-electron chi connectivity index (χ4n) is 3.79. The highest BCUT2D eigenvalue weighted by Crippen LogP contribution is 2.16. The minimum atomic E-state index is -0.848. The molecule has 36 heavy (non-hydrogen) atoms. The van der Waals surface area contributed by atoms with Crippen LogP contribution < -0.4 is 5.32 Å². The number of benzene rings is 3. The zero-order valence-corrected chi connectivity index (χ0v) is 19.6. The van der Waals surface area contributed by atoms with E-state index in [0.717, 1.165) is 5.56 Å². The summed E-state index contributed by atoms with van der Waals surface area (Å²) in [6.45, 7) is 0.939. The standard InChI is InChI=1S/C28H26N2O6/c31-24(21-9-5-2-6-10-21)19-36-28(34)22-11-13-23(14-12-22)29-26(32)17-25-27(33)30(15-16-35-25)18-20-7-3-1-4-8-20/h1-14,25H,15-19H2,(H,29,32). The Bertz CT molecular complexity index is 1210. The minimum Gasteiger partial charge on any atom is -0.454 e. The number of carbonyl (C=O) groups is 4. The van der Waals surface area contributed by atoms with Crippen molar-refractivity contribution in [1.82, 2.24) is 4.90 Å². The number of anilines is 1. The van der Waals surface area contributed by atoms with Crippen molar-refractivity contribution in [3.05, 3.63) is 102 Å². The number of carbonyl (C=O) groups excluding carboxylic acids is 4. The van der Waals surface area contributed by atoms with Gasteiger partial charge in [0.05, 0.1) is 18.6 Å². The molecule has 8 nitrogen and oxygen atoms in total. The summed E-state index contributed by atoms with van der Waals surface area (Å²) in [4.78, 5) is 51.4. The van der Waals surface area contributed by atoms with Gasteiger partial charge in [-0.2, -0.15) is 0 Å². The molecule has 1 atom stereocenters. The van der Waals surface area contributed by atoms with Gasteiger partial charge >= 0.3 is 5.97 Å². The summed E-state index contributed by atoms with van der Waals surface area (Å²) < 4.78 is 10.7. The first-order chi connectivity index (χ1) is 17.5. The van der Waals surface area contributed by atoms with Crippen LogP contribution in [-0.2, 0) is 25.6 Å². The molecule has 3 aromatic carbocycles. The Morgan fingerprint density at radius 2 is 1.56 bits per heavy atom. The molecule has 0 spiro atoms. The van der Waals surface area contributed by atoms with Crippen LogP contribution in [0.3, 0.4) is 0 Å². The van der Waals surface area contributed by atoms with Gasteiger partial charge in [0.15, 0.2) is 12.4 Å². The van der Waals surface area contributed by atoms with Crippen molar-refractivity contribution in [1.29, 1.82) is 0 Å². The minimum absolute atomic E-state index is 0.116. The summed E-state index contributed by atoms with van der Waals surface area (Å²) in [7, 11) is 0. The second-order valence-electron chi connectivity index (χ2n) is 8.30. The van der Waals surface area contributed by atoms with Crippen LogP contribution in [0.5, 0.6) is 0 Å². The van der Waals surface area contributed by atoms with Crippen molar-refractivity contribution in [3.63, 3.8) is 0 Å². The lowest BCUT2D eigenvalue weighted by atomic mass is 10.1. The van der Waals surface area contributed by atoms with E-state index in [9.17, 15) is 19.2 Å². The predicted molar refractivity (Wildman–Crippen MR) is 132 cm³/mol. The van der Waals surface area contributed by atoms with Gasteiger partial charge in [-0.1, -0.05) is 60.7 Å². The average Bonchev–Trinajstić information content (AvgIpc) is 2.91. The molecule has 0 aliphatic carbocycles. The molecule has 4 rings (SSSR count). The molecule has 1 fully saturated rings. The van der Waals surface area contributed by atoms with Gasteiger partial charge in [-0.05, 0) is 29.8 Å². The molecule has 1 unspecified atom stereocenters. The van der Waals surface area contributed by atoms with Crippen LogP contribution in [0.25, 0.3) is 0 Å². The van der Waals surface area contributed by atoms with Crippen LogP contribution in [0.4, 0.5) is 5.69 Å². The summed E-state index contributed by atoms with van der Waals surface area (Å²) in [5.41, 5.74) is 2.18. The quantitative estimate of drug-likeness (QED) is 0.367. The Morgan fingerprint density at radius 3 is 2.25 bits per heavy atom. The molecule has 1 aliphatic heterocycles. The molecule has 3 aromatic rings. The molecule has 0 saturated carbocycles. The smallest absolute Gasteiger partial charge is 0.338 e. The first-order valence-corrected chi connectivity index (χ1v) is 11.6. The molecule has 8 heteroatoms. The number of nitrogens with zero attached hydrogens (tertiary/aromatic N) is 1. The van der Waals surface area contributed by atoms with E-state index in [0.29, 0.717) is 30.9 Å². The topological polar surface area (TPSA) is 102 Å². The zero-order valence-electron chi connectivity index (χ0n) is 19.6. The highest BCUT2D eigenvalue weighted by Gasteiger charge is 2.31. The van der Waals surface area contributed by atoms with Crippen LogP contribution in [0.1, 0.15) is 32.7 Å². The third-order valence-electron chi connectivity index (χ3n) is 5.69. The van der Waals surface area contributed by atoms with Crippen molar-refractivity contribution in [2.24, 2.45) is 0 Å². The SMILES string of the molecule is O=C(CC1OCCN(Cc2ccccc2)C1=O)Nc1ccc(C(=O)OCC(=O)c2ccccc2)cc1. The van der Waals surface area contributed by atoms with Crippen LogP contribution in [0.15, 0.2) is 84.9 Å². The fraction of sp³-hybridized carbons (Fsp3) is 0.214. The van der Waals surface area contributed by atoms with Crippen LogP contribution >= 0.6 is 0 Å². The van der Waals surface area contributed by atoms with E-state index in [-0.39, 0.29) is 36.2 Å². The lowest BCUT2D eigenvalue weighted by Crippen LogP contribution is -2.48. The Hall–Kier alpha value is -4.30. The molecule has 2 amide bonds. The van der Waals surface area contributed by atoms with Gasteiger partial charge in [0.25, 0.3) is 5.91 Å². The fourth-order valence-corrected chi connectivity index (χ4v) is 3.79. The summed E-state index contributed by atoms with van der Waals surface area (Å²) in [5, 5.41) is 2.72. The van der Waals surface area contributed by atoms with Crippen molar-refractivity contribution in [3.8, 4) is 0 Å². The molecular formula is C28H26N2O6. The van der Waals surface area contributed by atoms with Crippen molar-refractivity contribution in [2.75, 3.05) is 25.1 Å². The Labute approximate surface area is 208 Å². The van der Waals surface area contributed by atoms with Crippen molar-refractivity contribution in [2.45, 2.75) is 19.1 Å². The summed E-state index contributed by atoms with van der Waals surface area (Å²) in [6, 6.07) is 24.3. The van der Waals surface area contributed by atoms with E-state index in [1.54, 1.807) is 47.4 Å². The number of Topliss-reactive ketones (excluding diaryl/α,β-unsaturated/α-hetero) is 1. The van der Waals surface area contributed by atoms with Gasteiger partial charge in [0, 0.05) is 24.3 Å². The number of ketones is 1. The van der Waals surface area contributed by atoms with Crippen molar-refractivity contribution < 1.29 is 28.7 Å². The molecular weight excluding hydrogens is 460 g/mol. The van der Waals surface area contributed by atoms with E-state index in [1.165, 1.54) is 12.1 Å². The van der Waals surface area contributed by atoms with E-state index in [4.69, 9.17) is 9.47 Å². The highest BCUT2D eigenvalue weighted by atomic mass is 16.5. The molecule has 1 heterocycles. The predicted octanol–water partition coefficient (Wildman–Crippen LogP) is 3.48. The second kappa shape index (κ2) is 11.9. The van der Waals surface area contributed by atoms with Crippen LogP contribution in [0, 0.1) is 0 Å². The second-order valence-corrected chi connectivity index (χ2v) is 8.30. The Morgan fingerprint density at radius 1 is 0.889 bits per heavy atom. The number of hydrogen-bond donors (Lipinski definition) is 1. The molecule has 184 valence electrons. The molecule has 0 bridgehead atoms. The van der Waals surface area contributed by atoms with Gasteiger partial charge < -0.3 is 19.7 Å². The number of nitrogens with one attached hydrogen (secondary N) is 1. The molecule has 1 aliphatic rings. The van der Waals surface area contributed by atoms with E-state index >= 15 is 0 Å². The number of ether oxygens (including phenoxy) is 2. The van der Waals surface area contributed by atoms with Crippen LogP contribution in [0.2, 0.25) is 0 Å². The largest absolute Gasteiger partial charge is 0.454 e. The number of amides is 2. The summed E-state index contributed by atoms with van der Waals surface area (Å²) >= 11 is 0. The lowest BCUT2D eigenvalue weighted by Gasteiger charge is -2.32. The monoisotopic (exact) mass is 486 g/mol. The maximum atomic E-state index is 12.8. The first-order valence-electron chi connectivity index (χ1n) is 11.6. The molecule has 0 aromatic heterocycles. The Balaban J connectivity index is 1.26. The third kappa shape index (κ3) is 6.64. The summed E-state index contributed by atoms with van der Waals surface area (Å²) in [6.07, 6.45) is -0.964. The van der Waals surface area contributed by atoms with Gasteiger partial charge in [-0.15, -0.1) is 0 Å². The number of rotatable bonds is 9. The molecule has 1 saturated heterocycles. The zero-order chi connectivity index (χ0) is 25.3. The highest BCUT2D eigenvalue weighted by molar-refractivity contribution is 5.99.